The summed E-state index contributed by atoms with van der Waals surface area (Å²) in [6.45, 7) is 5.31. The van der Waals surface area contributed by atoms with Crippen LogP contribution in [-0.2, 0) is 9.53 Å². The fourth-order valence-electron chi connectivity index (χ4n) is 1.30. The van der Waals surface area contributed by atoms with Gasteiger partial charge in [-0.05, 0) is 5.92 Å². The highest BCUT2D eigenvalue weighted by atomic mass is 16.5. The van der Waals surface area contributed by atoms with Gasteiger partial charge in [0, 0.05) is 5.41 Å². The zero-order chi connectivity index (χ0) is 8.48. The Hall–Kier alpha value is -0.570. The lowest BCUT2D eigenvalue weighted by Gasteiger charge is -2.43. The van der Waals surface area contributed by atoms with E-state index in [9.17, 15) is 4.79 Å². The third-order valence-corrected chi connectivity index (χ3v) is 2.51. The first kappa shape index (κ1) is 8.53. The molecule has 0 aromatic carbocycles. The van der Waals surface area contributed by atoms with Crippen LogP contribution < -0.4 is 0 Å². The van der Waals surface area contributed by atoms with Crippen LogP contribution in [-0.4, -0.2) is 24.3 Å². The topological polar surface area (TPSA) is 46.5 Å². The Balaban J connectivity index is 2.53. The second-order valence-corrected chi connectivity index (χ2v) is 3.58. The number of carbonyl (C=O) groups is 1. The van der Waals surface area contributed by atoms with E-state index in [2.05, 4.69) is 0 Å². The maximum Gasteiger partial charge on any atom is 0.304 e. The summed E-state index contributed by atoms with van der Waals surface area (Å²) in [5.41, 5.74) is -0.0775. The van der Waals surface area contributed by atoms with E-state index in [1.807, 2.05) is 13.8 Å². The number of rotatable bonds is 3. The van der Waals surface area contributed by atoms with Gasteiger partial charge in [-0.3, -0.25) is 4.79 Å². The lowest BCUT2D eigenvalue weighted by atomic mass is 9.73. The highest BCUT2D eigenvalue weighted by Crippen LogP contribution is 2.38. The summed E-state index contributed by atoms with van der Waals surface area (Å²) in [5.74, 6) is -0.325. The third kappa shape index (κ3) is 1.53. The summed E-state index contributed by atoms with van der Waals surface area (Å²) >= 11 is 0. The second-order valence-electron chi connectivity index (χ2n) is 3.58. The number of aliphatic carboxylic acids is 1. The number of hydrogen-bond donors (Lipinski definition) is 1. The Bertz CT molecular complexity index is 159. The Morgan fingerprint density at radius 2 is 2.18 bits per heavy atom. The number of ether oxygens (including phenoxy) is 1. The Morgan fingerprint density at radius 3 is 2.27 bits per heavy atom. The molecule has 1 aliphatic rings. The summed E-state index contributed by atoms with van der Waals surface area (Å²) in [7, 11) is 0. The minimum absolute atomic E-state index is 0.0775. The molecule has 1 aliphatic heterocycles. The molecule has 0 saturated carbocycles. The van der Waals surface area contributed by atoms with Gasteiger partial charge in [-0.1, -0.05) is 13.8 Å². The number of hydrogen-bond acceptors (Lipinski definition) is 2. The lowest BCUT2D eigenvalue weighted by molar-refractivity contribution is -0.167. The minimum Gasteiger partial charge on any atom is -0.481 e. The molecule has 3 nitrogen and oxygen atoms in total. The third-order valence-electron chi connectivity index (χ3n) is 2.51. The summed E-state index contributed by atoms with van der Waals surface area (Å²) < 4.78 is 5.04. The van der Waals surface area contributed by atoms with Crippen molar-refractivity contribution < 1.29 is 14.6 Å². The van der Waals surface area contributed by atoms with Crippen LogP contribution in [0.4, 0.5) is 0 Å². The summed E-state index contributed by atoms with van der Waals surface area (Å²) in [4.78, 5) is 10.5. The van der Waals surface area contributed by atoms with Gasteiger partial charge in [0.25, 0.3) is 0 Å². The van der Waals surface area contributed by atoms with E-state index in [0.717, 1.165) is 0 Å². The molecule has 1 N–H and O–H groups in total. The van der Waals surface area contributed by atoms with E-state index in [1.54, 1.807) is 0 Å². The maximum absolute atomic E-state index is 10.5. The van der Waals surface area contributed by atoms with Crippen LogP contribution in [0.5, 0.6) is 0 Å². The molecule has 1 fully saturated rings. The average Bonchev–Trinajstić information content (AvgIpc) is 1.77. The lowest BCUT2D eigenvalue weighted by Crippen LogP contribution is -2.48. The molecule has 0 aromatic rings. The smallest absolute Gasteiger partial charge is 0.304 e. The highest BCUT2D eigenvalue weighted by Gasteiger charge is 2.43. The van der Waals surface area contributed by atoms with Crippen molar-refractivity contribution in [2.45, 2.75) is 20.3 Å². The zero-order valence-corrected chi connectivity index (χ0v) is 6.96. The molecule has 0 amide bonds. The largest absolute Gasteiger partial charge is 0.481 e. The Labute approximate surface area is 66.4 Å². The molecule has 0 atom stereocenters. The molecule has 0 radical (unpaired) electrons. The van der Waals surface area contributed by atoms with Gasteiger partial charge in [0.05, 0.1) is 19.6 Å². The van der Waals surface area contributed by atoms with Crippen LogP contribution in [0.3, 0.4) is 0 Å². The van der Waals surface area contributed by atoms with Crippen LogP contribution in [0.15, 0.2) is 0 Å². The standard InChI is InChI=1S/C8H14O3/c1-6(2)8(3-7(9)10)4-11-5-8/h6H,3-5H2,1-2H3,(H,9,10). The van der Waals surface area contributed by atoms with Gasteiger partial charge in [0.15, 0.2) is 0 Å². The van der Waals surface area contributed by atoms with Gasteiger partial charge in [-0.2, -0.15) is 0 Å². The first-order chi connectivity index (χ1) is 5.07. The van der Waals surface area contributed by atoms with Crippen molar-refractivity contribution in [1.82, 2.24) is 0 Å². The summed E-state index contributed by atoms with van der Waals surface area (Å²) in [6.07, 6.45) is 0.241. The molecule has 1 heterocycles. The van der Waals surface area contributed by atoms with E-state index in [1.165, 1.54) is 0 Å². The van der Waals surface area contributed by atoms with Gasteiger partial charge < -0.3 is 9.84 Å². The normalized spacial score (nSPS) is 21.4. The molecular weight excluding hydrogens is 144 g/mol. The van der Waals surface area contributed by atoms with Gasteiger partial charge >= 0.3 is 5.97 Å². The molecule has 0 unspecified atom stereocenters. The molecule has 1 saturated heterocycles. The predicted octanol–water partition coefficient (Wildman–Crippen LogP) is 1.13. The number of carboxylic acids is 1. The van der Waals surface area contributed by atoms with Gasteiger partial charge in [0.1, 0.15) is 0 Å². The zero-order valence-electron chi connectivity index (χ0n) is 6.96. The van der Waals surface area contributed by atoms with Crippen molar-refractivity contribution >= 4 is 5.97 Å². The molecule has 11 heavy (non-hydrogen) atoms. The quantitative estimate of drug-likeness (QED) is 0.669. The molecule has 3 heteroatoms. The second kappa shape index (κ2) is 2.81. The van der Waals surface area contributed by atoms with E-state index >= 15 is 0 Å². The van der Waals surface area contributed by atoms with Crippen molar-refractivity contribution in [2.75, 3.05) is 13.2 Å². The highest BCUT2D eigenvalue weighted by molar-refractivity contribution is 5.68. The van der Waals surface area contributed by atoms with E-state index < -0.39 is 5.97 Å². The molecular formula is C8H14O3. The molecule has 0 spiro atoms. The monoisotopic (exact) mass is 158 g/mol. The van der Waals surface area contributed by atoms with E-state index in [0.29, 0.717) is 19.1 Å². The Morgan fingerprint density at radius 1 is 1.64 bits per heavy atom. The summed E-state index contributed by atoms with van der Waals surface area (Å²) in [5, 5.41) is 8.61. The van der Waals surface area contributed by atoms with Crippen molar-refractivity contribution in [3.05, 3.63) is 0 Å². The van der Waals surface area contributed by atoms with Gasteiger partial charge in [0.2, 0.25) is 0 Å². The van der Waals surface area contributed by atoms with E-state index in [-0.39, 0.29) is 11.8 Å². The minimum atomic E-state index is -0.720. The molecule has 0 aliphatic carbocycles. The molecule has 0 aromatic heterocycles. The van der Waals surface area contributed by atoms with Crippen LogP contribution in [0.2, 0.25) is 0 Å². The maximum atomic E-state index is 10.5. The van der Waals surface area contributed by atoms with Crippen LogP contribution in [0.1, 0.15) is 20.3 Å². The Kier molecular flexibility index (Phi) is 2.18. The fraction of sp³-hybridized carbons (Fsp3) is 0.875. The molecule has 64 valence electrons. The van der Waals surface area contributed by atoms with Crippen LogP contribution >= 0.6 is 0 Å². The van der Waals surface area contributed by atoms with Crippen LogP contribution in [0.25, 0.3) is 0 Å². The first-order valence-corrected chi connectivity index (χ1v) is 3.86. The van der Waals surface area contributed by atoms with Crippen molar-refractivity contribution in [3.8, 4) is 0 Å². The van der Waals surface area contributed by atoms with Crippen LogP contribution in [0, 0.1) is 11.3 Å². The van der Waals surface area contributed by atoms with Gasteiger partial charge in [-0.25, -0.2) is 0 Å². The van der Waals surface area contributed by atoms with Crippen molar-refractivity contribution in [2.24, 2.45) is 11.3 Å². The SMILES string of the molecule is CC(C)C1(CC(=O)O)COC1. The molecule has 0 bridgehead atoms. The number of carboxylic acid groups (broad SMARTS) is 1. The first-order valence-electron chi connectivity index (χ1n) is 3.86. The summed E-state index contributed by atoms with van der Waals surface area (Å²) in [6, 6.07) is 0. The van der Waals surface area contributed by atoms with E-state index in [4.69, 9.17) is 9.84 Å². The fourth-order valence-corrected chi connectivity index (χ4v) is 1.30. The van der Waals surface area contributed by atoms with Gasteiger partial charge in [-0.15, -0.1) is 0 Å². The molecule has 1 rings (SSSR count). The van der Waals surface area contributed by atoms with Crippen molar-refractivity contribution in [1.29, 1.82) is 0 Å². The predicted molar refractivity (Wildman–Crippen MR) is 40.3 cm³/mol. The van der Waals surface area contributed by atoms with Crippen molar-refractivity contribution in [3.63, 3.8) is 0 Å². The average molecular weight is 158 g/mol.